The van der Waals surface area contributed by atoms with Gasteiger partial charge in [-0.1, -0.05) is 0 Å². The fraction of sp³-hybridized carbons (Fsp3) is 0.667. The molecule has 1 aromatic rings. The minimum Gasteiger partial charge on any atom is -0.352 e. The number of hydrogen-bond donors (Lipinski definition) is 1. The molecule has 1 unspecified atom stereocenters. The molecular weight excluding hydrogens is 245 g/mol. The quantitative estimate of drug-likeness (QED) is 0.853. The van der Waals surface area contributed by atoms with Crippen molar-refractivity contribution in [1.82, 2.24) is 9.88 Å². The highest BCUT2D eigenvalue weighted by atomic mass is 19.4. The van der Waals surface area contributed by atoms with Crippen molar-refractivity contribution in [2.24, 2.45) is 5.92 Å². The number of hydrogen-bond acceptors (Lipinski definition) is 2. The lowest BCUT2D eigenvalue weighted by molar-refractivity contribution is -0.325. The highest BCUT2D eigenvalue weighted by molar-refractivity contribution is 5.18. The summed E-state index contributed by atoms with van der Waals surface area (Å²) in [6.45, 7) is -0.147. The maximum atomic E-state index is 11.8. The van der Waals surface area contributed by atoms with Crippen LogP contribution in [0.3, 0.4) is 0 Å². The molecular formula is C12H17F3N2O. The Morgan fingerprint density at radius 1 is 1.50 bits per heavy atom. The van der Waals surface area contributed by atoms with Crippen LogP contribution in [0.15, 0.2) is 18.5 Å². The summed E-state index contributed by atoms with van der Waals surface area (Å²) in [7, 11) is 1.91. The van der Waals surface area contributed by atoms with E-state index in [2.05, 4.69) is 10.1 Å². The minimum absolute atomic E-state index is 0.209. The zero-order chi connectivity index (χ0) is 13.2. The lowest BCUT2D eigenvalue weighted by atomic mass is 10.1. The number of alkyl halides is 3. The van der Waals surface area contributed by atoms with E-state index in [0.29, 0.717) is 12.0 Å². The lowest BCUT2D eigenvalue weighted by Gasteiger charge is -2.13. The van der Waals surface area contributed by atoms with Gasteiger partial charge in [-0.2, -0.15) is 0 Å². The Morgan fingerprint density at radius 3 is 2.78 bits per heavy atom. The molecule has 102 valence electrons. The molecule has 1 saturated carbocycles. The van der Waals surface area contributed by atoms with Crippen molar-refractivity contribution in [3.8, 4) is 0 Å². The Morgan fingerprint density at radius 2 is 2.22 bits per heavy atom. The van der Waals surface area contributed by atoms with E-state index in [4.69, 9.17) is 0 Å². The van der Waals surface area contributed by atoms with Gasteiger partial charge in [-0.3, -0.25) is 4.74 Å². The number of rotatable bonds is 6. The average Bonchev–Trinajstić information content (AvgIpc) is 2.99. The van der Waals surface area contributed by atoms with Gasteiger partial charge in [0.1, 0.15) is 0 Å². The molecule has 1 atom stereocenters. The van der Waals surface area contributed by atoms with Crippen molar-refractivity contribution < 1.29 is 17.9 Å². The monoisotopic (exact) mass is 262 g/mol. The van der Waals surface area contributed by atoms with Gasteiger partial charge in [0.15, 0.2) is 0 Å². The summed E-state index contributed by atoms with van der Waals surface area (Å²) in [5.41, 5.74) is 1.13. The zero-order valence-corrected chi connectivity index (χ0v) is 10.2. The summed E-state index contributed by atoms with van der Waals surface area (Å²) in [6, 6.07) is 2.27. The third-order valence-corrected chi connectivity index (χ3v) is 3.15. The molecule has 1 fully saturated rings. The van der Waals surface area contributed by atoms with E-state index in [0.717, 1.165) is 5.56 Å². The van der Waals surface area contributed by atoms with Crippen molar-refractivity contribution in [3.05, 3.63) is 24.0 Å². The van der Waals surface area contributed by atoms with Crippen molar-refractivity contribution in [2.45, 2.75) is 31.8 Å². The van der Waals surface area contributed by atoms with Gasteiger partial charge < -0.3 is 9.88 Å². The topological polar surface area (TPSA) is 26.2 Å². The first-order valence-electron chi connectivity index (χ1n) is 6.03. The third-order valence-electron chi connectivity index (χ3n) is 3.15. The van der Waals surface area contributed by atoms with Crippen LogP contribution >= 0.6 is 0 Å². The van der Waals surface area contributed by atoms with Gasteiger partial charge in [-0.15, -0.1) is 13.2 Å². The molecule has 0 amide bonds. The SMILES string of the molecule is CNC(c1ccn(CCOC(F)(F)F)c1)C1CC1. The van der Waals surface area contributed by atoms with E-state index >= 15 is 0 Å². The van der Waals surface area contributed by atoms with Gasteiger partial charge in [-0.25, -0.2) is 0 Å². The van der Waals surface area contributed by atoms with Crippen LogP contribution in [0, 0.1) is 5.92 Å². The molecule has 1 heterocycles. The van der Waals surface area contributed by atoms with Crippen LogP contribution in [0.25, 0.3) is 0 Å². The molecule has 18 heavy (non-hydrogen) atoms. The summed E-state index contributed by atoms with van der Waals surface area (Å²) in [5.74, 6) is 0.664. The average molecular weight is 262 g/mol. The Balaban J connectivity index is 1.85. The van der Waals surface area contributed by atoms with Gasteiger partial charge in [0.25, 0.3) is 0 Å². The Hall–Kier alpha value is -1.01. The number of halogens is 3. The molecule has 1 aliphatic rings. The Labute approximate surface area is 104 Å². The molecule has 3 nitrogen and oxygen atoms in total. The Kier molecular flexibility index (Phi) is 3.97. The molecule has 0 aromatic carbocycles. The first-order valence-corrected chi connectivity index (χ1v) is 6.03. The predicted molar refractivity (Wildman–Crippen MR) is 61.0 cm³/mol. The van der Waals surface area contributed by atoms with E-state index in [-0.39, 0.29) is 13.2 Å². The molecule has 1 aliphatic carbocycles. The maximum Gasteiger partial charge on any atom is 0.522 e. The smallest absolute Gasteiger partial charge is 0.352 e. The van der Waals surface area contributed by atoms with Gasteiger partial charge in [0.2, 0.25) is 0 Å². The normalized spacial score (nSPS) is 18.0. The highest BCUT2D eigenvalue weighted by Gasteiger charge is 2.31. The Bertz CT molecular complexity index is 385. The zero-order valence-electron chi connectivity index (χ0n) is 10.2. The fourth-order valence-electron chi connectivity index (χ4n) is 2.15. The largest absolute Gasteiger partial charge is 0.522 e. The molecule has 2 rings (SSSR count). The lowest BCUT2D eigenvalue weighted by Crippen LogP contribution is -2.18. The van der Waals surface area contributed by atoms with Gasteiger partial charge in [0.05, 0.1) is 6.61 Å². The standard InChI is InChI=1S/C12H17F3N2O/c1-16-11(9-2-3-9)10-4-5-17(8-10)6-7-18-12(13,14)15/h4-5,8-9,11,16H,2-3,6-7H2,1H3. The van der Waals surface area contributed by atoms with Gasteiger partial charge >= 0.3 is 6.36 Å². The summed E-state index contributed by atoms with van der Waals surface area (Å²) < 4.78 is 40.9. The predicted octanol–water partition coefficient (Wildman–Crippen LogP) is 2.70. The summed E-state index contributed by atoms with van der Waals surface area (Å²) in [4.78, 5) is 0. The van der Waals surface area contributed by atoms with E-state index in [9.17, 15) is 13.2 Å². The number of aromatic nitrogens is 1. The van der Waals surface area contributed by atoms with Crippen LogP contribution < -0.4 is 5.32 Å². The van der Waals surface area contributed by atoms with E-state index in [1.807, 2.05) is 19.3 Å². The summed E-state index contributed by atoms with van der Waals surface area (Å²) in [5, 5.41) is 3.25. The molecule has 0 radical (unpaired) electrons. The second-order valence-corrected chi connectivity index (χ2v) is 4.58. The first-order chi connectivity index (χ1) is 8.49. The molecule has 0 bridgehead atoms. The second kappa shape index (κ2) is 5.32. The van der Waals surface area contributed by atoms with Crippen LogP contribution in [0.4, 0.5) is 13.2 Å². The van der Waals surface area contributed by atoms with Crippen molar-refractivity contribution >= 4 is 0 Å². The molecule has 0 aliphatic heterocycles. The van der Waals surface area contributed by atoms with E-state index in [1.165, 1.54) is 12.8 Å². The third kappa shape index (κ3) is 3.74. The van der Waals surface area contributed by atoms with E-state index < -0.39 is 6.36 Å². The number of nitrogens with zero attached hydrogens (tertiary/aromatic N) is 1. The van der Waals surface area contributed by atoms with Crippen molar-refractivity contribution in [1.29, 1.82) is 0 Å². The van der Waals surface area contributed by atoms with Gasteiger partial charge in [0, 0.05) is 25.0 Å². The second-order valence-electron chi connectivity index (χ2n) is 4.58. The first kappa shape index (κ1) is 13.4. The van der Waals surface area contributed by atoms with Crippen molar-refractivity contribution in [2.75, 3.05) is 13.7 Å². The summed E-state index contributed by atoms with van der Waals surface area (Å²) in [6.07, 6.45) is 1.57. The van der Waals surface area contributed by atoms with Crippen molar-refractivity contribution in [3.63, 3.8) is 0 Å². The molecule has 6 heteroatoms. The number of nitrogens with one attached hydrogen (secondary N) is 1. The number of ether oxygens (including phenoxy) is 1. The molecule has 1 aromatic heterocycles. The van der Waals surface area contributed by atoms with Crippen LogP contribution in [0.1, 0.15) is 24.4 Å². The fourth-order valence-corrected chi connectivity index (χ4v) is 2.15. The van der Waals surface area contributed by atoms with Crippen LogP contribution in [-0.4, -0.2) is 24.6 Å². The van der Waals surface area contributed by atoms with Crippen LogP contribution in [-0.2, 0) is 11.3 Å². The van der Waals surface area contributed by atoms with Crippen LogP contribution in [0.5, 0.6) is 0 Å². The van der Waals surface area contributed by atoms with Crippen LogP contribution in [0.2, 0.25) is 0 Å². The highest BCUT2D eigenvalue weighted by Crippen LogP contribution is 2.40. The van der Waals surface area contributed by atoms with E-state index in [1.54, 1.807) is 10.8 Å². The minimum atomic E-state index is -4.54. The van der Waals surface area contributed by atoms with Gasteiger partial charge in [-0.05, 0) is 37.4 Å². The summed E-state index contributed by atoms with van der Waals surface area (Å²) >= 11 is 0. The molecule has 0 spiro atoms. The molecule has 0 saturated heterocycles. The molecule has 1 N–H and O–H groups in total. The maximum absolute atomic E-state index is 11.8.